The summed E-state index contributed by atoms with van der Waals surface area (Å²) >= 11 is 0. The number of hydrogen-bond donors (Lipinski definition) is 1. The standard InChI is InChI=1S/C32H24F2N2O5/c1-19(39-25-12-8-23(34)9-13-25)32(37)40-26-14-15-27-29(16-26)41-31(36)28(17-35)30(27)21-4-10-24(11-5-21)38-18-20-2-6-22(33)7-3-20/h2-16,19,30H,18,36H2,1H3. The first-order valence-electron chi connectivity index (χ1n) is 12.6. The van der Waals surface area contributed by atoms with Crippen LogP contribution >= 0.6 is 0 Å². The van der Waals surface area contributed by atoms with Crippen molar-refractivity contribution in [2.24, 2.45) is 5.73 Å². The molecule has 1 heterocycles. The smallest absolute Gasteiger partial charge is 0.352 e. The SMILES string of the molecule is CC(Oc1ccc(F)cc1)C(=O)Oc1ccc2c(c1)OC(N)=C(C#N)C2c1ccc(OCc2ccc(F)cc2)cc1. The van der Waals surface area contributed by atoms with Gasteiger partial charge in [-0.3, -0.25) is 0 Å². The molecule has 0 saturated carbocycles. The van der Waals surface area contributed by atoms with Gasteiger partial charge in [0.15, 0.2) is 6.10 Å². The van der Waals surface area contributed by atoms with Crippen molar-refractivity contribution in [1.82, 2.24) is 0 Å². The first-order valence-corrected chi connectivity index (χ1v) is 12.6. The Bertz CT molecular complexity index is 1630. The summed E-state index contributed by atoms with van der Waals surface area (Å²) in [4.78, 5) is 12.6. The van der Waals surface area contributed by atoms with E-state index >= 15 is 0 Å². The Hall–Kier alpha value is -5.36. The molecule has 0 radical (unpaired) electrons. The predicted octanol–water partition coefficient (Wildman–Crippen LogP) is 6.13. The van der Waals surface area contributed by atoms with Crippen molar-refractivity contribution in [2.45, 2.75) is 25.6 Å². The van der Waals surface area contributed by atoms with Crippen molar-refractivity contribution in [3.05, 3.63) is 131 Å². The second-order valence-corrected chi connectivity index (χ2v) is 9.24. The van der Waals surface area contributed by atoms with E-state index < -0.39 is 23.8 Å². The Morgan fingerprint density at radius 2 is 1.54 bits per heavy atom. The largest absolute Gasteiger partial charge is 0.489 e. The molecular weight excluding hydrogens is 530 g/mol. The minimum atomic E-state index is -0.968. The Morgan fingerprint density at radius 3 is 2.20 bits per heavy atom. The van der Waals surface area contributed by atoms with Gasteiger partial charge in [0.25, 0.3) is 0 Å². The van der Waals surface area contributed by atoms with E-state index in [0.717, 1.165) is 11.1 Å². The summed E-state index contributed by atoms with van der Waals surface area (Å²) in [5, 5.41) is 9.85. The van der Waals surface area contributed by atoms with Crippen LogP contribution in [0.1, 0.15) is 29.5 Å². The molecule has 9 heteroatoms. The summed E-state index contributed by atoms with van der Waals surface area (Å²) in [7, 11) is 0. The molecule has 2 atom stereocenters. The molecule has 5 rings (SSSR count). The normalized spacial score (nSPS) is 14.7. The molecule has 0 saturated heterocycles. The first kappa shape index (κ1) is 27.2. The maximum absolute atomic E-state index is 13.1. The molecule has 0 aromatic heterocycles. The molecule has 0 bridgehead atoms. The number of allylic oxidation sites excluding steroid dienone is 1. The fourth-order valence-corrected chi connectivity index (χ4v) is 4.31. The van der Waals surface area contributed by atoms with Crippen molar-refractivity contribution >= 4 is 5.97 Å². The number of ether oxygens (including phenoxy) is 4. The van der Waals surface area contributed by atoms with Gasteiger partial charge in [-0.15, -0.1) is 0 Å². The fourth-order valence-electron chi connectivity index (χ4n) is 4.31. The monoisotopic (exact) mass is 554 g/mol. The zero-order valence-electron chi connectivity index (χ0n) is 21.8. The van der Waals surface area contributed by atoms with Crippen molar-refractivity contribution in [3.8, 4) is 29.1 Å². The number of fused-ring (bicyclic) bond motifs is 1. The highest BCUT2D eigenvalue weighted by atomic mass is 19.1. The average molecular weight is 555 g/mol. The van der Waals surface area contributed by atoms with E-state index in [-0.39, 0.29) is 29.6 Å². The molecule has 0 fully saturated rings. The molecule has 7 nitrogen and oxygen atoms in total. The highest BCUT2D eigenvalue weighted by Crippen LogP contribution is 2.43. The molecule has 1 aliphatic heterocycles. The second-order valence-electron chi connectivity index (χ2n) is 9.24. The van der Waals surface area contributed by atoms with Crippen LogP contribution in [0.15, 0.2) is 102 Å². The molecule has 206 valence electrons. The van der Waals surface area contributed by atoms with E-state index in [4.69, 9.17) is 24.7 Å². The number of hydrogen-bond acceptors (Lipinski definition) is 7. The van der Waals surface area contributed by atoms with Crippen molar-refractivity contribution in [1.29, 1.82) is 5.26 Å². The van der Waals surface area contributed by atoms with Gasteiger partial charge in [-0.25, -0.2) is 13.6 Å². The van der Waals surface area contributed by atoms with Crippen LogP contribution in [0.4, 0.5) is 8.78 Å². The molecule has 41 heavy (non-hydrogen) atoms. The van der Waals surface area contributed by atoms with Crippen LogP contribution in [0.25, 0.3) is 0 Å². The number of nitriles is 1. The Kier molecular flexibility index (Phi) is 7.83. The number of carbonyl (C=O) groups is 1. The minimum Gasteiger partial charge on any atom is -0.489 e. The van der Waals surface area contributed by atoms with E-state index in [2.05, 4.69) is 6.07 Å². The Balaban J connectivity index is 1.31. The van der Waals surface area contributed by atoms with E-state index in [1.807, 2.05) is 12.1 Å². The summed E-state index contributed by atoms with van der Waals surface area (Å²) in [6.45, 7) is 1.79. The molecule has 2 N–H and O–H groups in total. The topological polar surface area (TPSA) is 104 Å². The number of nitrogens with zero attached hydrogens (tertiary/aromatic N) is 1. The number of esters is 1. The summed E-state index contributed by atoms with van der Waals surface area (Å²) < 4.78 is 48.8. The molecule has 4 aromatic rings. The lowest BCUT2D eigenvalue weighted by molar-refractivity contribution is -0.141. The van der Waals surface area contributed by atoms with Crippen LogP contribution in [0.2, 0.25) is 0 Å². The lowest BCUT2D eigenvalue weighted by atomic mass is 9.83. The third kappa shape index (κ3) is 6.28. The van der Waals surface area contributed by atoms with Crippen LogP contribution in [0.5, 0.6) is 23.0 Å². The molecule has 0 aliphatic carbocycles. The third-order valence-electron chi connectivity index (χ3n) is 6.40. The van der Waals surface area contributed by atoms with Crippen molar-refractivity contribution < 1.29 is 32.5 Å². The molecular formula is C32H24F2N2O5. The van der Waals surface area contributed by atoms with E-state index in [0.29, 0.717) is 22.8 Å². The zero-order chi connectivity index (χ0) is 28.9. The number of rotatable bonds is 8. The van der Waals surface area contributed by atoms with Crippen LogP contribution in [0, 0.1) is 23.0 Å². The maximum Gasteiger partial charge on any atom is 0.352 e. The van der Waals surface area contributed by atoms with Crippen LogP contribution in [-0.2, 0) is 11.4 Å². The van der Waals surface area contributed by atoms with Crippen LogP contribution in [0.3, 0.4) is 0 Å². The van der Waals surface area contributed by atoms with E-state index in [1.165, 1.54) is 49.4 Å². The van der Waals surface area contributed by atoms with Crippen LogP contribution in [-0.4, -0.2) is 12.1 Å². The molecule has 4 aromatic carbocycles. The molecule has 1 aliphatic rings. The zero-order valence-corrected chi connectivity index (χ0v) is 21.8. The quantitative estimate of drug-likeness (QED) is 0.206. The third-order valence-corrected chi connectivity index (χ3v) is 6.40. The number of halogens is 2. The highest BCUT2D eigenvalue weighted by Gasteiger charge is 2.31. The summed E-state index contributed by atoms with van der Waals surface area (Å²) in [6.07, 6.45) is -0.968. The number of nitrogens with two attached hydrogens (primary N) is 1. The van der Waals surface area contributed by atoms with Gasteiger partial charge in [0.05, 0.1) is 5.92 Å². The van der Waals surface area contributed by atoms with Gasteiger partial charge >= 0.3 is 5.97 Å². The van der Waals surface area contributed by atoms with Gasteiger partial charge in [0, 0.05) is 11.6 Å². The summed E-state index contributed by atoms with van der Waals surface area (Å²) in [5.41, 5.74) is 8.60. The maximum atomic E-state index is 13.1. The van der Waals surface area contributed by atoms with E-state index in [1.54, 1.807) is 36.4 Å². The lowest BCUT2D eigenvalue weighted by Crippen LogP contribution is -2.28. The van der Waals surface area contributed by atoms with Crippen molar-refractivity contribution in [3.63, 3.8) is 0 Å². The fraction of sp³-hybridized carbons (Fsp3) is 0.125. The molecule has 2 unspecified atom stereocenters. The van der Waals surface area contributed by atoms with Gasteiger partial charge in [0.1, 0.15) is 52.9 Å². The average Bonchev–Trinajstić information content (AvgIpc) is 2.97. The first-order chi connectivity index (χ1) is 19.8. The number of benzene rings is 4. The number of carbonyl (C=O) groups excluding carboxylic acids is 1. The lowest BCUT2D eigenvalue weighted by Gasteiger charge is -2.27. The summed E-state index contributed by atoms with van der Waals surface area (Å²) in [5.74, 6) is -0.538. The van der Waals surface area contributed by atoms with Gasteiger partial charge in [-0.1, -0.05) is 30.3 Å². The van der Waals surface area contributed by atoms with Crippen molar-refractivity contribution in [2.75, 3.05) is 0 Å². The van der Waals surface area contributed by atoms with Gasteiger partial charge in [-0.2, -0.15) is 5.26 Å². The summed E-state index contributed by atoms with van der Waals surface area (Å²) in [6, 6.07) is 25.5. The highest BCUT2D eigenvalue weighted by molar-refractivity contribution is 5.77. The van der Waals surface area contributed by atoms with Gasteiger partial charge in [0.2, 0.25) is 5.88 Å². The van der Waals surface area contributed by atoms with Gasteiger partial charge < -0.3 is 24.7 Å². The van der Waals surface area contributed by atoms with Gasteiger partial charge in [-0.05, 0) is 72.6 Å². The van der Waals surface area contributed by atoms with Crippen LogP contribution < -0.4 is 24.7 Å². The van der Waals surface area contributed by atoms with E-state index in [9.17, 15) is 18.8 Å². The minimum absolute atomic E-state index is 0.0573. The molecule has 0 spiro atoms. The Labute approximate surface area is 235 Å². The molecule has 0 amide bonds. The Morgan fingerprint density at radius 1 is 0.927 bits per heavy atom. The predicted molar refractivity (Wildman–Crippen MR) is 145 cm³/mol. The second kappa shape index (κ2) is 11.8.